The lowest BCUT2D eigenvalue weighted by Gasteiger charge is -1.91. The molecule has 2 heteroatoms. The standard InChI is InChI=1S/C7H11IO/c1-2-3-4-7(8)5-6-9/h2,5,9H,1,3-4,6H2/b7-5-. The highest BCUT2D eigenvalue weighted by Gasteiger charge is 1.86. The summed E-state index contributed by atoms with van der Waals surface area (Å²) in [7, 11) is 0. The summed E-state index contributed by atoms with van der Waals surface area (Å²) >= 11 is 2.22. The summed E-state index contributed by atoms with van der Waals surface area (Å²) in [6, 6.07) is 0. The van der Waals surface area contributed by atoms with E-state index < -0.39 is 0 Å². The Bertz CT molecular complexity index is 107. The first-order chi connectivity index (χ1) is 4.31. The Morgan fingerprint density at radius 1 is 1.67 bits per heavy atom. The number of halogens is 1. The summed E-state index contributed by atoms with van der Waals surface area (Å²) in [6.07, 6.45) is 5.69. The van der Waals surface area contributed by atoms with Gasteiger partial charge in [0, 0.05) is 0 Å². The molecule has 0 spiro atoms. The first kappa shape index (κ1) is 9.17. The van der Waals surface area contributed by atoms with Crippen LogP contribution < -0.4 is 0 Å². The maximum atomic E-state index is 8.43. The van der Waals surface area contributed by atoms with Gasteiger partial charge < -0.3 is 5.11 Å². The molecule has 0 unspecified atom stereocenters. The van der Waals surface area contributed by atoms with Crippen molar-refractivity contribution in [3.8, 4) is 0 Å². The van der Waals surface area contributed by atoms with Crippen LogP contribution in [0, 0.1) is 0 Å². The van der Waals surface area contributed by atoms with Crippen LogP contribution in [0.25, 0.3) is 0 Å². The molecule has 0 saturated heterocycles. The number of hydrogen-bond donors (Lipinski definition) is 1. The summed E-state index contributed by atoms with van der Waals surface area (Å²) in [5, 5.41) is 8.43. The zero-order valence-electron chi connectivity index (χ0n) is 5.31. The lowest BCUT2D eigenvalue weighted by Crippen LogP contribution is -1.76. The molecule has 9 heavy (non-hydrogen) atoms. The van der Waals surface area contributed by atoms with Gasteiger partial charge in [0.25, 0.3) is 0 Å². The molecule has 0 bridgehead atoms. The number of aliphatic hydroxyl groups is 1. The minimum Gasteiger partial charge on any atom is -0.392 e. The molecule has 0 heterocycles. The third-order valence-electron chi connectivity index (χ3n) is 0.900. The molecular weight excluding hydrogens is 227 g/mol. The maximum absolute atomic E-state index is 8.43. The Morgan fingerprint density at radius 3 is 2.78 bits per heavy atom. The molecule has 0 aliphatic rings. The van der Waals surface area contributed by atoms with Crippen LogP contribution in [0.15, 0.2) is 22.3 Å². The van der Waals surface area contributed by atoms with E-state index in [0.717, 1.165) is 12.8 Å². The SMILES string of the molecule is C=CCC/C(I)=C/CO. The van der Waals surface area contributed by atoms with Crippen molar-refractivity contribution in [1.29, 1.82) is 0 Å². The highest BCUT2D eigenvalue weighted by atomic mass is 127. The highest BCUT2D eigenvalue weighted by molar-refractivity contribution is 14.1. The minimum absolute atomic E-state index is 0.148. The van der Waals surface area contributed by atoms with Gasteiger partial charge in [-0.15, -0.1) is 6.58 Å². The molecule has 0 atom stereocenters. The fourth-order valence-electron chi connectivity index (χ4n) is 0.441. The van der Waals surface area contributed by atoms with Gasteiger partial charge in [-0.25, -0.2) is 0 Å². The van der Waals surface area contributed by atoms with E-state index in [9.17, 15) is 0 Å². The van der Waals surface area contributed by atoms with Crippen molar-refractivity contribution in [2.75, 3.05) is 6.61 Å². The van der Waals surface area contributed by atoms with Crippen molar-refractivity contribution in [3.63, 3.8) is 0 Å². The van der Waals surface area contributed by atoms with E-state index in [-0.39, 0.29) is 6.61 Å². The van der Waals surface area contributed by atoms with Gasteiger partial charge in [-0.2, -0.15) is 0 Å². The minimum atomic E-state index is 0.148. The number of allylic oxidation sites excluding steroid dienone is 2. The summed E-state index contributed by atoms with van der Waals surface area (Å²) in [6.45, 7) is 3.75. The average Bonchev–Trinajstić information content (AvgIpc) is 1.85. The van der Waals surface area contributed by atoms with E-state index >= 15 is 0 Å². The normalized spacial score (nSPS) is 11.6. The molecule has 0 fully saturated rings. The second-order valence-corrected chi connectivity index (χ2v) is 3.05. The molecule has 1 nitrogen and oxygen atoms in total. The van der Waals surface area contributed by atoms with Gasteiger partial charge in [0.15, 0.2) is 0 Å². The summed E-state index contributed by atoms with van der Waals surface area (Å²) in [4.78, 5) is 0. The molecule has 0 aromatic rings. The van der Waals surface area contributed by atoms with E-state index in [1.54, 1.807) is 0 Å². The molecule has 0 aromatic carbocycles. The highest BCUT2D eigenvalue weighted by Crippen LogP contribution is 2.12. The smallest absolute Gasteiger partial charge is 0.0622 e. The molecule has 0 aromatic heterocycles. The van der Waals surface area contributed by atoms with Crippen LogP contribution in [0.3, 0.4) is 0 Å². The maximum Gasteiger partial charge on any atom is 0.0622 e. The van der Waals surface area contributed by atoms with Gasteiger partial charge in [0.2, 0.25) is 0 Å². The quantitative estimate of drug-likeness (QED) is 0.588. The largest absolute Gasteiger partial charge is 0.392 e. The number of aliphatic hydroxyl groups excluding tert-OH is 1. The monoisotopic (exact) mass is 238 g/mol. The summed E-state index contributed by atoms with van der Waals surface area (Å²) < 4.78 is 1.20. The number of rotatable bonds is 4. The van der Waals surface area contributed by atoms with Gasteiger partial charge in [-0.1, -0.05) is 6.08 Å². The van der Waals surface area contributed by atoms with Crippen LogP contribution in [0.5, 0.6) is 0 Å². The Morgan fingerprint density at radius 2 is 2.33 bits per heavy atom. The van der Waals surface area contributed by atoms with Gasteiger partial charge in [0.1, 0.15) is 0 Å². The molecule has 0 saturated carbocycles. The molecule has 0 rings (SSSR count). The second-order valence-electron chi connectivity index (χ2n) is 1.66. The van der Waals surface area contributed by atoms with E-state index in [2.05, 4.69) is 29.2 Å². The molecule has 52 valence electrons. The molecule has 0 radical (unpaired) electrons. The Labute approximate surface area is 69.6 Å². The van der Waals surface area contributed by atoms with Crippen LogP contribution in [0.1, 0.15) is 12.8 Å². The van der Waals surface area contributed by atoms with Gasteiger partial charge in [-0.05, 0) is 45.1 Å². The zero-order chi connectivity index (χ0) is 7.11. The molecular formula is C7H11IO. The lowest BCUT2D eigenvalue weighted by molar-refractivity contribution is 0.342. The summed E-state index contributed by atoms with van der Waals surface area (Å²) in [5.74, 6) is 0. The molecule has 1 N–H and O–H groups in total. The second kappa shape index (κ2) is 6.29. The third-order valence-corrected chi connectivity index (χ3v) is 1.88. The Kier molecular flexibility index (Phi) is 6.41. The molecule has 0 aliphatic carbocycles. The fraction of sp³-hybridized carbons (Fsp3) is 0.429. The van der Waals surface area contributed by atoms with Crippen molar-refractivity contribution in [1.82, 2.24) is 0 Å². The predicted molar refractivity (Wildman–Crippen MR) is 48.6 cm³/mol. The van der Waals surface area contributed by atoms with E-state index in [1.807, 2.05) is 12.2 Å². The van der Waals surface area contributed by atoms with Gasteiger partial charge >= 0.3 is 0 Å². The van der Waals surface area contributed by atoms with Crippen LogP contribution in [0.2, 0.25) is 0 Å². The number of hydrogen-bond acceptors (Lipinski definition) is 1. The fourth-order valence-corrected chi connectivity index (χ4v) is 0.949. The topological polar surface area (TPSA) is 20.2 Å². The van der Waals surface area contributed by atoms with Crippen LogP contribution >= 0.6 is 22.6 Å². The van der Waals surface area contributed by atoms with Gasteiger partial charge in [0.05, 0.1) is 6.61 Å². The predicted octanol–water partition coefficient (Wildman–Crippen LogP) is 2.26. The summed E-state index contributed by atoms with van der Waals surface area (Å²) in [5.41, 5.74) is 0. The van der Waals surface area contributed by atoms with Crippen molar-refractivity contribution in [3.05, 3.63) is 22.3 Å². The Hall–Kier alpha value is 0.170. The molecule has 0 aliphatic heterocycles. The first-order valence-corrected chi connectivity index (χ1v) is 3.95. The average molecular weight is 238 g/mol. The first-order valence-electron chi connectivity index (χ1n) is 2.87. The van der Waals surface area contributed by atoms with Crippen molar-refractivity contribution in [2.45, 2.75) is 12.8 Å². The third kappa shape index (κ3) is 6.05. The van der Waals surface area contributed by atoms with Crippen LogP contribution in [-0.4, -0.2) is 11.7 Å². The van der Waals surface area contributed by atoms with Crippen LogP contribution in [-0.2, 0) is 0 Å². The van der Waals surface area contributed by atoms with Crippen molar-refractivity contribution in [2.24, 2.45) is 0 Å². The Balaban J connectivity index is 3.36. The van der Waals surface area contributed by atoms with Gasteiger partial charge in [-0.3, -0.25) is 0 Å². The van der Waals surface area contributed by atoms with Crippen molar-refractivity contribution < 1.29 is 5.11 Å². The van der Waals surface area contributed by atoms with Crippen LogP contribution in [0.4, 0.5) is 0 Å². The van der Waals surface area contributed by atoms with E-state index in [1.165, 1.54) is 3.58 Å². The molecule has 0 amide bonds. The zero-order valence-corrected chi connectivity index (χ0v) is 7.47. The van der Waals surface area contributed by atoms with E-state index in [4.69, 9.17) is 5.11 Å². The van der Waals surface area contributed by atoms with Crippen molar-refractivity contribution >= 4 is 22.6 Å². The lowest BCUT2D eigenvalue weighted by atomic mass is 10.3. The van der Waals surface area contributed by atoms with E-state index in [0.29, 0.717) is 0 Å².